The second kappa shape index (κ2) is 58.9. The first-order chi connectivity index (χ1) is 38.3. The van der Waals surface area contributed by atoms with Gasteiger partial charge in [-0.15, -0.1) is 0 Å². The van der Waals surface area contributed by atoms with Crippen molar-refractivity contribution in [3.8, 4) is 0 Å². The van der Waals surface area contributed by atoms with Gasteiger partial charge in [-0.1, -0.05) is 233 Å². The van der Waals surface area contributed by atoms with Crippen LogP contribution in [0.25, 0.3) is 0 Å². The zero-order valence-corrected chi connectivity index (χ0v) is 52.6. The standard InChI is InChI=1S/C68H133NO9/c1-6-10-14-18-22-30-42-56-75-67(76-57-43-31-23-19-15-11-7-2)50-48-65(71)73-54-40-33-25-28-36-46-63-59-64(61-69(60-63)52-38-39-53-70)47-37-29-26-34-41-55-74-66(72)49-51-68(77-58-44-32-24-20-16-12-8-3)78-62(5)45-35-27-21-17-13-9-4/h62-64,67-68,70H,6-61H2,1-5H3. The monoisotopic (exact) mass is 1110 g/mol. The first-order valence-electron chi connectivity index (χ1n) is 34.5. The number of aliphatic hydroxyl groups is 1. The van der Waals surface area contributed by atoms with Crippen molar-refractivity contribution in [1.82, 2.24) is 4.90 Å². The number of likely N-dealkylation sites (tertiary alicyclic amines) is 1. The molecular formula is C68H133NO9. The molecule has 1 N–H and O–H groups in total. The molecule has 0 aliphatic carbocycles. The third-order valence-corrected chi connectivity index (χ3v) is 16.3. The van der Waals surface area contributed by atoms with Crippen molar-refractivity contribution >= 4 is 11.9 Å². The number of hydrogen-bond acceptors (Lipinski definition) is 10. The Kier molecular flexibility index (Phi) is 56.4. The maximum atomic E-state index is 12.8. The van der Waals surface area contributed by atoms with Crippen molar-refractivity contribution in [2.45, 2.75) is 355 Å². The average Bonchev–Trinajstić information content (AvgIpc) is 3.44. The van der Waals surface area contributed by atoms with Crippen molar-refractivity contribution in [1.29, 1.82) is 0 Å². The van der Waals surface area contributed by atoms with E-state index in [4.69, 9.17) is 28.4 Å². The molecule has 0 spiro atoms. The SMILES string of the molecule is CCCCCCCCCOC(CCC(=O)OCCCCCCCC1CC(CCCCCCCOC(=O)CCC(OCCCCCCCCC)OC(C)CCCCCCCC)CN(CCCCO)C1)OCCCCCCCCC. The van der Waals surface area contributed by atoms with Gasteiger partial charge in [0.2, 0.25) is 0 Å². The molecular weight excluding hydrogens is 975 g/mol. The topological polar surface area (TPSA) is 113 Å². The van der Waals surface area contributed by atoms with Crippen LogP contribution in [-0.4, -0.2) is 99.9 Å². The highest BCUT2D eigenvalue weighted by atomic mass is 16.7. The van der Waals surface area contributed by atoms with E-state index in [1.54, 1.807) is 0 Å². The van der Waals surface area contributed by atoms with Crippen LogP contribution in [0.2, 0.25) is 0 Å². The van der Waals surface area contributed by atoms with Gasteiger partial charge in [-0.25, -0.2) is 0 Å². The Balaban J connectivity index is 2.34. The van der Waals surface area contributed by atoms with Gasteiger partial charge in [-0.2, -0.15) is 0 Å². The highest BCUT2D eigenvalue weighted by Crippen LogP contribution is 2.30. The predicted molar refractivity (Wildman–Crippen MR) is 328 cm³/mol. The maximum absolute atomic E-state index is 12.8. The van der Waals surface area contributed by atoms with Crippen molar-refractivity contribution < 1.29 is 43.1 Å². The molecule has 1 aliphatic heterocycles. The molecule has 0 aromatic carbocycles. The third-order valence-electron chi connectivity index (χ3n) is 16.3. The Labute approximate surface area is 484 Å². The van der Waals surface area contributed by atoms with Gasteiger partial charge in [0.15, 0.2) is 12.6 Å². The van der Waals surface area contributed by atoms with Gasteiger partial charge in [-0.05, 0) is 95.9 Å². The summed E-state index contributed by atoms with van der Waals surface area (Å²) in [5.74, 6) is 1.25. The van der Waals surface area contributed by atoms with Gasteiger partial charge in [0.1, 0.15) is 0 Å². The summed E-state index contributed by atoms with van der Waals surface area (Å²) >= 11 is 0. The second-order valence-electron chi connectivity index (χ2n) is 24.1. The summed E-state index contributed by atoms with van der Waals surface area (Å²) in [6.07, 6.45) is 53.7. The van der Waals surface area contributed by atoms with Crippen LogP contribution >= 0.6 is 0 Å². The molecule has 10 nitrogen and oxygen atoms in total. The van der Waals surface area contributed by atoms with Crippen molar-refractivity contribution in [2.75, 3.05) is 59.3 Å². The molecule has 0 bridgehead atoms. The number of hydrogen-bond donors (Lipinski definition) is 1. The molecule has 0 amide bonds. The number of nitrogens with zero attached hydrogens (tertiary/aromatic N) is 1. The Morgan fingerprint density at radius 1 is 0.410 bits per heavy atom. The first-order valence-corrected chi connectivity index (χ1v) is 34.5. The lowest BCUT2D eigenvalue weighted by atomic mass is 9.83. The molecule has 10 heteroatoms. The maximum Gasteiger partial charge on any atom is 0.305 e. The molecule has 1 saturated heterocycles. The largest absolute Gasteiger partial charge is 0.466 e. The fourth-order valence-corrected chi connectivity index (χ4v) is 11.4. The molecule has 0 aromatic heterocycles. The molecule has 464 valence electrons. The van der Waals surface area contributed by atoms with Crippen LogP contribution in [0.3, 0.4) is 0 Å². The number of carbonyl (C=O) groups is 2. The number of rotatable bonds is 62. The van der Waals surface area contributed by atoms with E-state index in [-0.39, 0.29) is 37.2 Å². The zero-order chi connectivity index (χ0) is 56.5. The fourth-order valence-electron chi connectivity index (χ4n) is 11.4. The zero-order valence-electron chi connectivity index (χ0n) is 52.6. The van der Waals surface area contributed by atoms with E-state index in [1.165, 1.54) is 225 Å². The molecule has 1 fully saturated rings. The minimum Gasteiger partial charge on any atom is -0.466 e. The smallest absolute Gasteiger partial charge is 0.305 e. The lowest BCUT2D eigenvalue weighted by Gasteiger charge is -2.38. The number of ether oxygens (including phenoxy) is 6. The Bertz CT molecular complexity index is 1220. The lowest BCUT2D eigenvalue weighted by molar-refractivity contribution is -0.176. The third kappa shape index (κ3) is 50.4. The van der Waals surface area contributed by atoms with Crippen LogP contribution < -0.4 is 0 Å². The molecule has 1 aliphatic rings. The van der Waals surface area contributed by atoms with Crippen LogP contribution in [0.5, 0.6) is 0 Å². The summed E-state index contributed by atoms with van der Waals surface area (Å²) in [5, 5.41) is 9.45. The Morgan fingerprint density at radius 2 is 0.756 bits per heavy atom. The van der Waals surface area contributed by atoms with Crippen LogP contribution in [0, 0.1) is 11.8 Å². The molecule has 0 radical (unpaired) electrons. The number of carbonyl (C=O) groups excluding carboxylic acids is 2. The predicted octanol–water partition coefficient (Wildman–Crippen LogP) is 19.1. The summed E-state index contributed by atoms with van der Waals surface area (Å²) in [7, 11) is 0. The van der Waals surface area contributed by atoms with Crippen molar-refractivity contribution in [3.05, 3.63) is 0 Å². The number of aliphatic hydroxyl groups excluding tert-OH is 1. The highest BCUT2D eigenvalue weighted by Gasteiger charge is 2.26. The van der Waals surface area contributed by atoms with Gasteiger partial charge < -0.3 is 38.4 Å². The van der Waals surface area contributed by atoms with Crippen molar-refractivity contribution in [2.24, 2.45) is 11.8 Å². The quantitative estimate of drug-likeness (QED) is 0.0359. The normalized spacial score (nSPS) is 15.8. The van der Waals surface area contributed by atoms with E-state index in [0.29, 0.717) is 58.7 Å². The van der Waals surface area contributed by atoms with E-state index in [2.05, 4.69) is 39.5 Å². The molecule has 1 rings (SSSR count). The van der Waals surface area contributed by atoms with Gasteiger partial charge in [-0.3, -0.25) is 9.59 Å². The van der Waals surface area contributed by atoms with E-state index in [0.717, 1.165) is 82.6 Å². The fraction of sp³-hybridized carbons (Fsp3) is 0.971. The number of esters is 2. The highest BCUT2D eigenvalue weighted by molar-refractivity contribution is 5.69. The molecule has 0 aromatic rings. The average molecular weight is 1110 g/mol. The number of unbranched alkanes of at least 4 members (excludes halogenated alkanes) is 32. The van der Waals surface area contributed by atoms with E-state index < -0.39 is 0 Å². The number of piperidine rings is 1. The Morgan fingerprint density at radius 3 is 1.17 bits per heavy atom. The van der Waals surface area contributed by atoms with Gasteiger partial charge >= 0.3 is 11.9 Å². The van der Waals surface area contributed by atoms with Gasteiger partial charge in [0, 0.05) is 52.4 Å². The molecule has 78 heavy (non-hydrogen) atoms. The molecule has 4 atom stereocenters. The lowest BCUT2D eigenvalue weighted by Crippen LogP contribution is -2.41. The van der Waals surface area contributed by atoms with Gasteiger partial charge in [0.25, 0.3) is 0 Å². The Hall–Kier alpha value is -1.30. The first kappa shape index (κ1) is 74.7. The summed E-state index contributed by atoms with van der Waals surface area (Å²) in [6.45, 7) is 18.1. The minimum absolute atomic E-state index is 0.128. The summed E-state index contributed by atoms with van der Waals surface area (Å²) < 4.78 is 36.3. The van der Waals surface area contributed by atoms with E-state index in [1.807, 2.05) is 0 Å². The summed E-state index contributed by atoms with van der Waals surface area (Å²) in [5.41, 5.74) is 0. The van der Waals surface area contributed by atoms with E-state index >= 15 is 0 Å². The van der Waals surface area contributed by atoms with E-state index in [9.17, 15) is 14.7 Å². The molecule has 0 saturated carbocycles. The van der Waals surface area contributed by atoms with Crippen LogP contribution in [-0.2, 0) is 38.0 Å². The van der Waals surface area contributed by atoms with Crippen LogP contribution in [0.4, 0.5) is 0 Å². The molecule has 4 unspecified atom stereocenters. The van der Waals surface area contributed by atoms with Gasteiger partial charge in [0.05, 0.1) is 32.2 Å². The van der Waals surface area contributed by atoms with Crippen molar-refractivity contribution in [3.63, 3.8) is 0 Å². The summed E-state index contributed by atoms with van der Waals surface area (Å²) in [6, 6.07) is 0. The minimum atomic E-state index is -0.341. The summed E-state index contributed by atoms with van der Waals surface area (Å²) in [4.78, 5) is 28.2. The van der Waals surface area contributed by atoms with Crippen LogP contribution in [0.15, 0.2) is 0 Å². The second-order valence-corrected chi connectivity index (χ2v) is 24.1. The molecule has 1 heterocycles. The van der Waals surface area contributed by atoms with Crippen LogP contribution in [0.1, 0.15) is 336 Å².